The van der Waals surface area contributed by atoms with Gasteiger partial charge in [0, 0.05) is 20.3 Å². The summed E-state index contributed by atoms with van der Waals surface area (Å²) in [6.07, 6.45) is 0.770. The van der Waals surface area contributed by atoms with Crippen molar-refractivity contribution in [2.45, 2.75) is 13.3 Å². The predicted octanol–water partition coefficient (Wildman–Crippen LogP) is 0.144. The standard InChI is InChI=1S/C8H13N3O3/c1-6-7(11-14-10-6)8(12)9-4-3-5-13-2/h3-5H2,1-2H3,(H,9,12). The van der Waals surface area contributed by atoms with E-state index in [1.807, 2.05) is 0 Å². The molecular weight excluding hydrogens is 186 g/mol. The van der Waals surface area contributed by atoms with Crippen LogP contribution in [0.2, 0.25) is 0 Å². The minimum Gasteiger partial charge on any atom is -0.385 e. The fourth-order valence-electron chi connectivity index (χ4n) is 0.940. The quantitative estimate of drug-likeness (QED) is 0.683. The molecule has 0 bridgehead atoms. The maximum Gasteiger partial charge on any atom is 0.275 e. The van der Waals surface area contributed by atoms with Gasteiger partial charge in [-0.2, -0.15) is 0 Å². The normalized spacial score (nSPS) is 10.1. The maximum atomic E-state index is 11.4. The minimum atomic E-state index is -0.264. The molecule has 0 unspecified atom stereocenters. The van der Waals surface area contributed by atoms with E-state index in [4.69, 9.17) is 4.74 Å². The Morgan fingerprint density at radius 1 is 1.57 bits per heavy atom. The first-order valence-corrected chi connectivity index (χ1v) is 4.32. The Bertz CT molecular complexity index is 298. The number of amides is 1. The predicted molar refractivity (Wildman–Crippen MR) is 47.9 cm³/mol. The van der Waals surface area contributed by atoms with Crippen LogP contribution in [0.5, 0.6) is 0 Å². The Hall–Kier alpha value is -1.43. The van der Waals surface area contributed by atoms with Crippen molar-refractivity contribution in [1.82, 2.24) is 15.6 Å². The van der Waals surface area contributed by atoms with Gasteiger partial charge in [0.1, 0.15) is 5.69 Å². The number of methoxy groups -OCH3 is 1. The fraction of sp³-hybridized carbons (Fsp3) is 0.625. The van der Waals surface area contributed by atoms with Gasteiger partial charge in [0.05, 0.1) is 0 Å². The highest BCUT2D eigenvalue weighted by molar-refractivity contribution is 5.92. The summed E-state index contributed by atoms with van der Waals surface area (Å²) in [5, 5.41) is 9.67. The average molecular weight is 199 g/mol. The number of nitrogens with one attached hydrogen (secondary N) is 1. The van der Waals surface area contributed by atoms with Crippen LogP contribution >= 0.6 is 0 Å². The Morgan fingerprint density at radius 2 is 2.36 bits per heavy atom. The van der Waals surface area contributed by atoms with Crippen molar-refractivity contribution < 1.29 is 14.2 Å². The van der Waals surface area contributed by atoms with Gasteiger partial charge in [0.25, 0.3) is 5.91 Å². The SMILES string of the molecule is COCCCNC(=O)c1nonc1C. The fourth-order valence-corrected chi connectivity index (χ4v) is 0.940. The second kappa shape index (κ2) is 5.33. The highest BCUT2D eigenvalue weighted by Gasteiger charge is 2.13. The van der Waals surface area contributed by atoms with E-state index in [0.29, 0.717) is 18.8 Å². The number of ether oxygens (including phenoxy) is 1. The van der Waals surface area contributed by atoms with Crippen molar-refractivity contribution in [3.05, 3.63) is 11.4 Å². The highest BCUT2D eigenvalue weighted by atomic mass is 16.6. The van der Waals surface area contributed by atoms with E-state index < -0.39 is 0 Å². The average Bonchev–Trinajstić information content (AvgIpc) is 2.59. The minimum absolute atomic E-state index is 0.238. The van der Waals surface area contributed by atoms with Crippen molar-refractivity contribution in [3.8, 4) is 0 Å². The molecule has 6 nitrogen and oxygen atoms in total. The number of aryl methyl sites for hydroxylation is 1. The third kappa shape index (κ3) is 2.81. The molecule has 78 valence electrons. The van der Waals surface area contributed by atoms with Gasteiger partial charge in [0.2, 0.25) is 0 Å². The van der Waals surface area contributed by atoms with Gasteiger partial charge in [-0.15, -0.1) is 0 Å². The monoisotopic (exact) mass is 199 g/mol. The Balaban J connectivity index is 2.32. The van der Waals surface area contributed by atoms with E-state index in [2.05, 4.69) is 20.3 Å². The van der Waals surface area contributed by atoms with E-state index in [1.54, 1.807) is 14.0 Å². The molecule has 1 N–H and O–H groups in total. The lowest BCUT2D eigenvalue weighted by Crippen LogP contribution is -2.26. The van der Waals surface area contributed by atoms with Crippen molar-refractivity contribution in [3.63, 3.8) is 0 Å². The van der Waals surface area contributed by atoms with Crippen LogP contribution in [0.1, 0.15) is 22.6 Å². The molecule has 0 aliphatic rings. The molecule has 0 aromatic carbocycles. The molecule has 1 aromatic rings. The van der Waals surface area contributed by atoms with Gasteiger partial charge in [0.15, 0.2) is 5.69 Å². The summed E-state index contributed by atoms with van der Waals surface area (Å²) in [5.74, 6) is -0.264. The second-order valence-electron chi connectivity index (χ2n) is 2.80. The van der Waals surface area contributed by atoms with Crippen LogP contribution in [0.4, 0.5) is 0 Å². The number of nitrogens with zero attached hydrogens (tertiary/aromatic N) is 2. The van der Waals surface area contributed by atoms with E-state index in [0.717, 1.165) is 6.42 Å². The molecule has 0 aliphatic carbocycles. The van der Waals surface area contributed by atoms with Gasteiger partial charge < -0.3 is 10.1 Å². The van der Waals surface area contributed by atoms with E-state index in [1.165, 1.54) is 0 Å². The Morgan fingerprint density at radius 3 is 2.93 bits per heavy atom. The first-order chi connectivity index (χ1) is 6.75. The van der Waals surface area contributed by atoms with Gasteiger partial charge in [-0.1, -0.05) is 5.16 Å². The topological polar surface area (TPSA) is 77.2 Å². The molecule has 0 spiro atoms. The Labute approximate surface area is 81.6 Å². The van der Waals surface area contributed by atoms with E-state index in [-0.39, 0.29) is 11.6 Å². The molecule has 1 aromatic heterocycles. The van der Waals surface area contributed by atoms with Gasteiger partial charge >= 0.3 is 0 Å². The number of aromatic nitrogens is 2. The van der Waals surface area contributed by atoms with Crippen molar-refractivity contribution in [2.24, 2.45) is 0 Å². The summed E-state index contributed by atoms with van der Waals surface area (Å²) < 4.78 is 9.25. The van der Waals surface area contributed by atoms with Crippen LogP contribution in [0, 0.1) is 6.92 Å². The smallest absolute Gasteiger partial charge is 0.275 e. The molecule has 1 rings (SSSR count). The lowest BCUT2D eigenvalue weighted by atomic mass is 10.3. The van der Waals surface area contributed by atoms with Crippen molar-refractivity contribution in [2.75, 3.05) is 20.3 Å². The first kappa shape index (κ1) is 10.6. The van der Waals surface area contributed by atoms with Gasteiger partial charge in [-0.05, 0) is 18.5 Å². The molecule has 6 heteroatoms. The van der Waals surface area contributed by atoms with Gasteiger partial charge in [-0.25, -0.2) is 4.63 Å². The maximum absolute atomic E-state index is 11.4. The molecule has 0 fully saturated rings. The van der Waals surface area contributed by atoms with Crippen LogP contribution in [0.25, 0.3) is 0 Å². The van der Waals surface area contributed by atoms with Crippen molar-refractivity contribution in [1.29, 1.82) is 0 Å². The molecule has 0 aliphatic heterocycles. The number of rotatable bonds is 5. The number of hydrogen-bond donors (Lipinski definition) is 1. The summed E-state index contributed by atoms with van der Waals surface area (Å²) in [5.41, 5.74) is 0.733. The summed E-state index contributed by atoms with van der Waals surface area (Å²) in [4.78, 5) is 11.4. The molecule has 0 atom stereocenters. The molecule has 14 heavy (non-hydrogen) atoms. The molecule has 1 heterocycles. The third-order valence-corrected chi connectivity index (χ3v) is 1.68. The molecule has 0 saturated heterocycles. The lowest BCUT2D eigenvalue weighted by molar-refractivity contribution is 0.0938. The van der Waals surface area contributed by atoms with Crippen LogP contribution in [-0.2, 0) is 4.74 Å². The zero-order valence-corrected chi connectivity index (χ0v) is 8.24. The number of carbonyl (C=O) groups is 1. The largest absolute Gasteiger partial charge is 0.385 e. The van der Waals surface area contributed by atoms with Crippen molar-refractivity contribution >= 4 is 5.91 Å². The number of hydrogen-bond acceptors (Lipinski definition) is 5. The molecule has 1 amide bonds. The van der Waals surface area contributed by atoms with E-state index >= 15 is 0 Å². The molecule has 0 saturated carbocycles. The summed E-state index contributed by atoms with van der Waals surface area (Å²) in [7, 11) is 1.62. The van der Waals surface area contributed by atoms with Crippen LogP contribution < -0.4 is 5.32 Å². The summed E-state index contributed by atoms with van der Waals surface area (Å²) in [6, 6.07) is 0. The zero-order valence-electron chi connectivity index (χ0n) is 8.24. The highest BCUT2D eigenvalue weighted by Crippen LogP contribution is 1.99. The number of carbonyl (C=O) groups excluding carboxylic acids is 1. The van der Waals surface area contributed by atoms with Crippen LogP contribution in [0.15, 0.2) is 4.63 Å². The van der Waals surface area contributed by atoms with E-state index in [9.17, 15) is 4.79 Å². The second-order valence-corrected chi connectivity index (χ2v) is 2.80. The first-order valence-electron chi connectivity index (χ1n) is 4.32. The van der Waals surface area contributed by atoms with Crippen LogP contribution in [0.3, 0.4) is 0 Å². The lowest BCUT2D eigenvalue weighted by Gasteiger charge is -2.01. The Kier molecular flexibility index (Phi) is 4.06. The summed E-state index contributed by atoms with van der Waals surface area (Å²) >= 11 is 0. The summed E-state index contributed by atoms with van der Waals surface area (Å²) in [6.45, 7) is 2.84. The van der Waals surface area contributed by atoms with Gasteiger partial charge in [-0.3, -0.25) is 4.79 Å². The molecular formula is C8H13N3O3. The third-order valence-electron chi connectivity index (χ3n) is 1.68. The van der Waals surface area contributed by atoms with Crippen LogP contribution in [-0.4, -0.2) is 36.5 Å². The zero-order chi connectivity index (χ0) is 10.4. The molecule has 0 radical (unpaired) electrons.